The van der Waals surface area contributed by atoms with Crippen molar-refractivity contribution >= 4 is 52.6 Å². The first-order valence-electron chi connectivity index (χ1n) is 12.7. The zero-order chi connectivity index (χ0) is 25.2. The number of hydrogen-bond acceptors (Lipinski definition) is 2. The molecule has 0 aromatic heterocycles. The zero-order valence-electron chi connectivity index (χ0n) is 21.4. The van der Waals surface area contributed by atoms with Crippen molar-refractivity contribution in [1.82, 2.24) is 0 Å². The molecule has 2 heterocycles. The molecule has 0 saturated heterocycles. The van der Waals surface area contributed by atoms with Crippen LogP contribution in [0.4, 0.5) is 34.1 Å². The molecule has 2 aliphatic rings. The van der Waals surface area contributed by atoms with Crippen LogP contribution in [0.2, 0.25) is 13.1 Å². The second-order valence-electron chi connectivity index (χ2n) is 9.79. The van der Waals surface area contributed by atoms with Gasteiger partial charge >= 0.3 is 0 Å². The average Bonchev–Trinajstić information content (AvgIpc) is 3.34. The number of anilines is 4. The topological polar surface area (TPSA) is 20.6 Å². The summed E-state index contributed by atoms with van der Waals surface area (Å²) >= 11 is 0. The molecular weight excluding hydrogens is 663 g/mol. The van der Waals surface area contributed by atoms with Crippen LogP contribution in [0, 0.1) is 6.67 Å². The van der Waals surface area contributed by atoms with Crippen molar-refractivity contribution in [3.63, 3.8) is 0 Å². The van der Waals surface area contributed by atoms with Crippen LogP contribution in [0.25, 0.3) is 5.32 Å². The summed E-state index contributed by atoms with van der Waals surface area (Å²) in [6, 6.07) is 46.4. The number of benzene rings is 5. The molecule has 0 atom stereocenters. The molecule has 0 spiro atoms. The van der Waals surface area contributed by atoms with Gasteiger partial charge in [-0.15, -0.1) is 18.0 Å². The van der Waals surface area contributed by atoms with Crippen molar-refractivity contribution in [3.05, 3.63) is 145 Å². The summed E-state index contributed by atoms with van der Waals surface area (Å²) in [6.45, 7) is 6.95. The Labute approximate surface area is 242 Å². The molecule has 0 aliphatic carbocycles. The molecule has 7 rings (SSSR count). The van der Waals surface area contributed by atoms with Gasteiger partial charge in [-0.2, -0.15) is 0 Å². The Kier molecular flexibility index (Phi) is 7.59. The van der Waals surface area contributed by atoms with Gasteiger partial charge in [-0.05, 0) is 36.4 Å². The molecule has 193 valence electrons. The summed E-state index contributed by atoms with van der Waals surface area (Å²) in [5.41, 5.74) is 7.07. The van der Waals surface area contributed by atoms with Crippen molar-refractivity contribution in [2.24, 2.45) is 0 Å². The van der Waals surface area contributed by atoms with Gasteiger partial charge in [-0.25, -0.2) is 0 Å². The molecule has 5 aromatic carbocycles. The summed E-state index contributed by atoms with van der Waals surface area (Å²) < 4.78 is 0. The zero-order valence-corrected chi connectivity index (χ0v) is 24.6. The van der Waals surface area contributed by atoms with Crippen LogP contribution in [0.3, 0.4) is 0 Å². The first-order chi connectivity index (χ1) is 18.1. The van der Waals surface area contributed by atoms with Crippen molar-refractivity contribution < 1.29 is 22.4 Å². The van der Waals surface area contributed by atoms with Gasteiger partial charge in [0.05, 0.1) is 0 Å². The summed E-state index contributed by atoms with van der Waals surface area (Å²) in [7, 11) is -1.53. The fraction of sp³-hybridized carbons (Fsp3) is 0.0606. The predicted molar refractivity (Wildman–Crippen MR) is 160 cm³/mol. The Hall–Kier alpha value is -3.54. The smallest absolute Gasteiger partial charge is 0.109 e. The SMILES string of the molecule is C[Si]1(C)c2ccccc2[N-]c2ccccc21.[Au].c1ccc(N2[CH-]N(c3ccccc3)c3ccccc32)cc1. The van der Waals surface area contributed by atoms with E-state index < -0.39 is 8.07 Å². The summed E-state index contributed by atoms with van der Waals surface area (Å²) in [5.74, 6) is 0. The van der Waals surface area contributed by atoms with Crippen molar-refractivity contribution in [1.29, 1.82) is 0 Å². The third-order valence-electron chi connectivity index (χ3n) is 7.10. The van der Waals surface area contributed by atoms with Gasteiger partial charge in [-0.3, -0.25) is 0 Å². The number of hydrogen-bond donors (Lipinski definition) is 0. The number of para-hydroxylation sites is 6. The van der Waals surface area contributed by atoms with Gasteiger partial charge in [0.2, 0.25) is 0 Å². The van der Waals surface area contributed by atoms with Crippen LogP contribution in [0.15, 0.2) is 133 Å². The molecule has 0 amide bonds. The fourth-order valence-corrected chi connectivity index (χ4v) is 8.05. The van der Waals surface area contributed by atoms with Crippen molar-refractivity contribution in [2.75, 3.05) is 9.80 Å². The Bertz CT molecular complexity index is 1410. The fourth-order valence-electron chi connectivity index (χ4n) is 5.17. The van der Waals surface area contributed by atoms with E-state index in [0.717, 1.165) is 11.4 Å². The molecule has 0 unspecified atom stereocenters. The van der Waals surface area contributed by atoms with Crippen LogP contribution in [-0.4, -0.2) is 8.07 Å². The Morgan fingerprint density at radius 1 is 0.500 bits per heavy atom. The van der Waals surface area contributed by atoms with E-state index >= 15 is 0 Å². The van der Waals surface area contributed by atoms with E-state index in [1.165, 1.54) is 33.1 Å². The average molecular weight is 693 g/mol. The van der Waals surface area contributed by atoms with Gasteiger partial charge in [0, 0.05) is 45.1 Å². The first kappa shape index (κ1) is 26.1. The number of fused-ring (bicyclic) bond motifs is 3. The third kappa shape index (κ3) is 4.84. The maximum Gasteiger partial charge on any atom is 0.109 e. The number of nitrogens with zero attached hydrogens (tertiary/aromatic N) is 3. The summed E-state index contributed by atoms with van der Waals surface area (Å²) in [4.78, 5) is 4.45. The van der Waals surface area contributed by atoms with Gasteiger partial charge in [0.15, 0.2) is 0 Å². The van der Waals surface area contributed by atoms with Crippen molar-refractivity contribution in [2.45, 2.75) is 13.1 Å². The van der Waals surface area contributed by atoms with Crippen LogP contribution in [0.1, 0.15) is 0 Å². The Morgan fingerprint density at radius 3 is 1.32 bits per heavy atom. The molecule has 38 heavy (non-hydrogen) atoms. The summed E-state index contributed by atoms with van der Waals surface area (Å²) in [5, 5.41) is 7.64. The largest absolute Gasteiger partial charge is 0.658 e. The minimum atomic E-state index is -1.53. The van der Waals surface area contributed by atoms with Crippen LogP contribution < -0.4 is 20.2 Å². The van der Waals surface area contributed by atoms with E-state index in [9.17, 15) is 0 Å². The van der Waals surface area contributed by atoms with Crippen molar-refractivity contribution in [3.8, 4) is 0 Å². The van der Waals surface area contributed by atoms with E-state index in [1.54, 1.807) is 0 Å². The molecule has 3 nitrogen and oxygen atoms in total. The molecule has 0 bridgehead atoms. The van der Waals surface area contributed by atoms with E-state index in [1.807, 2.05) is 12.1 Å². The van der Waals surface area contributed by atoms with E-state index in [0.29, 0.717) is 0 Å². The second-order valence-corrected chi connectivity index (χ2v) is 14.1. The second kappa shape index (κ2) is 11.1. The minimum absolute atomic E-state index is 0. The van der Waals surface area contributed by atoms with Gasteiger partial charge in [0.1, 0.15) is 8.07 Å². The normalized spacial score (nSPS) is 14.1. The molecular formula is C33H29AuN3Si-2. The molecule has 2 aliphatic heterocycles. The maximum atomic E-state index is 4.74. The molecule has 5 aromatic rings. The molecule has 0 saturated carbocycles. The first-order valence-corrected chi connectivity index (χ1v) is 15.7. The van der Waals surface area contributed by atoms with Crippen LogP contribution >= 0.6 is 0 Å². The molecule has 0 fully saturated rings. The van der Waals surface area contributed by atoms with E-state index in [-0.39, 0.29) is 22.4 Å². The molecule has 0 N–H and O–H groups in total. The number of rotatable bonds is 2. The Morgan fingerprint density at radius 2 is 0.868 bits per heavy atom. The van der Waals surface area contributed by atoms with Gasteiger partial charge in [-0.1, -0.05) is 121 Å². The monoisotopic (exact) mass is 692 g/mol. The van der Waals surface area contributed by atoms with Gasteiger partial charge in [0.25, 0.3) is 0 Å². The van der Waals surface area contributed by atoms with E-state index in [4.69, 9.17) is 5.32 Å². The summed E-state index contributed by atoms with van der Waals surface area (Å²) in [6.07, 6.45) is 0. The quantitative estimate of drug-likeness (QED) is 0.137. The maximum absolute atomic E-state index is 4.74. The van der Waals surface area contributed by atoms with Crippen LogP contribution in [0.5, 0.6) is 0 Å². The third-order valence-corrected chi connectivity index (χ3v) is 10.6. The minimum Gasteiger partial charge on any atom is -0.658 e. The Balaban J connectivity index is 0.000000156. The van der Waals surface area contributed by atoms with Gasteiger partial charge < -0.3 is 15.1 Å². The molecule has 1 radical (unpaired) electrons. The standard InChI is InChI=1S/C19H15N2.C14H14NSi.Au/c1-3-9-16(10-4-1)20-15-21(17-11-5-2-6-12-17)19-14-8-7-13-18(19)20;1-16(2)13-9-5-3-7-11(13)15-12-8-4-6-10-14(12)16;/h1-15H;3-10H,1-2H3;/q2*-1;. The van der Waals surface area contributed by atoms with Crippen LogP contribution in [-0.2, 0) is 22.4 Å². The predicted octanol–water partition coefficient (Wildman–Crippen LogP) is 8.25. The van der Waals surface area contributed by atoms with E-state index in [2.05, 4.69) is 151 Å². The molecule has 5 heteroatoms.